The van der Waals surface area contributed by atoms with E-state index >= 15 is 0 Å². The van der Waals surface area contributed by atoms with Crippen LogP contribution in [-0.2, 0) is 0 Å². The van der Waals surface area contributed by atoms with Gasteiger partial charge in [0, 0.05) is 13.6 Å². The first-order chi connectivity index (χ1) is 8.78. The van der Waals surface area contributed by atoms with Gasteiger partial charge in [0.1, 0.15) is 5.52 Å². The van der Waals surface area contributed by atoms with Crippen LogP contribution in [0.3, 0.4) is 0 Å². The molecular weight excluding hydrogens is 232 g/mol. The Hall–Kier alpha value is -1.89. The number of hydrogen-bond donors (Lipinski definition) is 4. The molecule has 0 aliphatic heterocycles. The number of rotatable bonds is 5. The Morgan fingerprint density at radius 1 is 1.50 bits per heavy atom. The third-order valence-electron chi connectivity index (χ3n) is 3.15. The Labute approximate surface area is 104 Å². The molecule has 3 rings (SSSR count). The molecule has 0 bridgehead atoms. The van der Waals surface area contributed by atoms with Crippen molar-refractivity contribution in [3.8, 4) is 0 Å². The fraction of sp³-hybridized carbons (Fsp3) is 0.545. The first-order valence-corrected chi connectivity index (χ1v) is 6.08. The van der Waals surface area contributed by atoms with E-state index in [9.17, 15) is 5.11 Å². The molecule has 7 heteroatoms. The number of nitrogens with one attached hydrogen (secondary N) is 3. The van der Waals surface area contributed by atoms with Crippen molar-refractivity contribution in [2.75, 3.05) is 24.2 Å². The molecule has 18 heavy (non-hydrogen) atoms. The van der Waals surface area contributed by atoms with Gasteiger partial charge in [0.05, 0.1) is 12.4 Å². The lowest BCUT2D eigenvalue weighted by Crippen LogP contribution is -2.22. The maximum Gasteiger partial charge on any atom is 0.226 e. The molecule has 1 atom stereocenters. The van der Waals surface area contributed by atoms with Crippen LogP contribution in [-0.4, -0.2) is 44.7 Å². The van der Waals surface area contributed by atoms with Crippen molar-refractivity contribution >= 4 is 22.9 Å². The first-order valence-electron chi connectivity index (χ1n) is 6.08. The number of hydrogen-bond acceptors (Lipinski definition) is 6. The third kappa shape index (κ3) is 2.08. The van der Waals surface area contributed by atoms with Gasteiger partial charge in [0.25, 0.3) is 0 Å². The van der Waals surface area contributed by atoms with E-state index in [1.54, 1.807) is 13.4 Å². The summed E-state index contributed by atoms with van der Waals surface area (Å²) in [6, 6.07) is 0. The van der Waals surface area contributed by atoms with Crippen LogP contribution in [0.15, 0.2) is 6.33 Å². The van der Waals surface area contributed by atoms with E-state index in [1.807, 2.05) is 0 Å². The lowest BCUT2D eigenvalue weighted by Gasteiger charge is -2.12. The highest BCUT2D eigenvalue weighted by Gasteiger charge is 2.29. The van der Waals surface area contributed by atoms with Crippen LogP contribution >= 0.6 is 0 Å². The number of aromatic amines is 1. The topological polar surface area (TPSA) is 98.8 Å². The van der Waals surface area contributed by atoms with Crippen molar-refractivity contribution in [3.63, 3.8) is 0 Å². The first kappa shape index (κ1) is 11.2. The monoisotopic (exact) mass is 248 g/mol. The van der Waals surface area contributed by atoms with Gasteiger partial charge in [-0.1, -0.05) is 0 Å². The largest absolute Gasteiger partial charge is 0.391 e. The number of aliphatic hydroxyl groups is 1. The molecule has 2 heterocycles. The summed E-state index contributed by atoms with van der Waals surface area (Å²) in [4.78, 5) is 15.7. The van der Waals surface area contributed by atoms with Crippen LogP contribution in [0.25, 0.3) is 11.2 Å². The quantitative estimate of drug-likeness (QED) is 0.617. The molecule has 96 valence electrons. The summed E-state index contributed by atoms with van der Waals surface area (Å²) in [6.45, 7) is 0.499. The minimum Gasteiger partial charge on any atom is -0.391 e. The Bertz CT molecular complexity index is 549. The van der Waals surface area contributed by atoms with Crippen molar-refractivity contribution < 1.29 is 5.11 Å². The molecule has 7 nitrogen and oxygen atoms in total. The average molecular weight is 248 g/mol. The smallest absolute Gasteiger partial charge is 0.226 e. The van der Waals surface area contributed by atoms with Crippen LogP contribution in [0, 0.1) is 5.92 Å². The molecule has 0 radical (unpaired) electrons. The van der Waals surface area contributed by atoms with Gasteiger partial charge in [-0.25, -0.2) is 4.98 Å². The fourth-order valence-electron chi connectivity index (χ4n) is 1.92. The van der Waals surface area contributed by atoms with Crippen LogP contribution in [0.2, 0.25) is 0 Å². The minimum absolute atomic E-state index is 0.309. The number of aromatic nitrogens is 4. The Morgan fingerprint density at radius 3 is 3.06 bits per heavy atom. The van der Waals surface area contributed by atoms with Gasteiger partial charge >= 0.3 is 0 Å². The van der Waals surface area contributed by atoms with E-state index < -0.39 is 0 Å². The number of anilines is 2. The predicted molar refractivity (Wildman–Crippen MR) is 68.5 cm³/mol. The highest BCUT2D eigenvalue weighted by atomic mass is 16.3. The predicted octanol–water partition coefficient (Wildman–Crippen LogP) is 0.577. The summed E-state index contributed by atoms with van der Waals surface area (Å²) in [7, 11) is 1.76. The highest BCUT2D eigenvalue weighted by Crippen LogP contribution is 2.32. The standard InChI is InChI=1S/C11H16N6O/c1-12-11-16-9(8-10(17-11)15-5-14-8)13-4-7(18)6-2-3-6/h5-7,18H,2-4H2,1H3,(H3,12,13,14,15,16,17). The van der Waals surface area contributed by atoms with Gasteiger partial charge in [-0.2, -0.15) is 9.97 Å². The van der Waals surface area contributed by atoms with Gasteiger partial charge in [-0.05, 0) is 18.8 Å². The minimum atomic E-state index is -0.309. The summed E-state index contributed by atoms with van der Waals surface area (Å²) in [5.74, 6) is 1.62. The molecule has 1 aliphatic carbocycles. The number of nitrogens with zero attached hydrogens (tertiary/aromatic N) is 3. The summed E-state index contributed by atoms with van der Waals surface area (Å²) < 4.78 is 0. The maximum absolute atomic E-state index is 9.85. The number of fused-ring (bicyclic) bond motifs is 1. The van der Waals surface area contributed by atoms with Crippen molar-refractivity contribution in [2.45, 2.75) is 18.9 Å². The van der Waals surface area contributed by atoms with Crippen molar-refractivity contribution in [1.29, 1.82) is 0 Å². The SMILES string of the molecule is CNc1nc(NCC(O)C2CC2)c2[nH]cnc2n1. The molecule has 1 fully saturated rings. The molecule has 1 saturated carbocycles. The maximum atomic E-state index is 9.85. The Kier molecular flexibility index (Phi) is 2.75. The molecule has 4 N–H and O–H groups in total. The lowest BCUT2D eigenvalue weighted by molar-refractivity contribution is 0.164. The van der Waals surface area contributed by atoms with Gasteiger partial charge in [-0.15, -0.1) is 0 Å². The summed E-state index contributed by atoms with van der Waals surface area (Å²) in [5.41, 5.74) is 1.37. The van der Waals surface area contributed by atoms with E-state index in [4.69, 9.17) is 0 Å². The number of aliphatic hydroxyl groups excluding tert-OH is 1. The summed E-state index contributed by atoms with van der Waals surface area (Å²) in [6.07, 6.45) is 3.51. The zero-order valence-corrected chi connectivity index (χ0v) is 10.1. The second-order valence-corrected chi connectivity index (χ2v) is 4.53. The molecule has 2 aromatic heterocycles. The van der Waals surface area contributed by atoms with Gasteiger partial charge in [0.15, 0.2) is 11.5 Å². The molecular formula is C11H16N6O. The average Bonchev–Trinajstić information content (AvgIpc) is 3.13. The zero-order chi connectivity index (χ0) is 12.5. The third-order valence-corrected chi connectivity index (χ3v) is 3.15. The lowest BCUT2D eigenvalue weighted by atomic mass is 10.2. The Morgan fingerprint density at radius 2 is 2.33 bits per heavy atom. The molecule has 0 aromatic carbocycles. The second-order valence-electron chi connectivity index (χ2n) is 4.53. The van der Waals surface area contributed by atoms with E-state index in [2.05, 4.69) is 30.6 Å². The van der Waals surface area contributed by atoms with E-state index in [-0.39, 0.29) is 6.10 Å². The second kappa shape index (κ2) is 4.41. The number of H-pyrrole nitrogens is 1. The van der Waals surface area contributed by atoms with E-state index in [1.165, 1.54) is 0 Å². The van der Waals surface area contributed by atoms with Crippen LogP contribution in [0.4, 0.5) is 11.8 Å². The summed E-state index contributed by atoms with van der Waals surface area (Å²) in [5, 5.41) is 15.9. The molecule has 2 aromatic rings. The van der Waals surface area contributed by atoms with Crippen molar-refractivity contribution in [1.82, 2.24) is 19.9 Å². The van der Waals surface area contributed by atoms with Crippen molar-refractivity contribution in [2.24, 2.45) is 5.92 Å². The normalized spacial score (nSPS) is 16.8. The highest BCUT2D eigenvalue weighted by molar-refractivity contribution is 5.83. The molecule has 1 unspecified atom stereocenters. The van der Waals surface area contributed by atoms with Gasteiger partial charge in [-0.3, -0.25) is 0 Å². The molecule has 0 saturated heterocycles. The molecule has 1 aliphatic rings. The number of imidazole rings is 1. The van der Waals surface area contributed by atoms with E-state index in [0.717, 1.165) is 18.4 Å². The molecule has 0 amide bonds. The van der Waals surface area contributed by atoms with E-state index in [0.29, 0.717) is 29.9 Å². The molecule has 0 spiro atoms. The zero-order valence-electron chi connectivity index (χ0n) is 10.1. The van der Waals surface area contributed by atoms with Crippen LogP contribution < -0.4 is 10.6 Å². The summed E-state index contributed by atoms with van der Waals surface area (Å²) >= 11 is 0. The van der Waals surface area contributed by atoms with Gasteiger partial charge in [0.2, 0.25) is 5.95 Å². The Balaban J connectivity index is 1.82. The van der Waals surface area contributed by atoms with Crippen molar-refractivity contribution in [3.05, 3.63) is 6.33 Å². The fourth-order valence-corrected chi connectivity index (χ4v) is 1.92. The van der Waals surface area contributed by atoms with Gasteiger partial charge < -0.3 is 20.7 Å². The van der Waals surface area contributed by atoms with Crippen LogP contribution in [0.5, 0.6) is 0 Å². The van der Waals surface area contributed by atoms with Crippen LogP contribution in [0.1, 0.15) is 12.8 Å².